The second-order valence-electron chi connectivity index (χ2n) is 8.32. The Morgan fingerprint density at radius 2 is 1.72 bits per heavy atom. The second-order valence-corrected chi connectivity index (χ2v) is 8.32. The summed E-state index contributed by atoms with van der Waals surface area (Å²) in [6, 6.07) is 15.6. The summed E-state index contributed by atoms with van der Waals surface area (Å²) in [6.07, 6.45) is 2.66. The average Bonchev–Trinajstić information content (AvgIpc) is 2.69. The molecule has 1 unspecified atom stereocenters. The second kappa shape index (κ2) is 9.03. The van der Waals surface area contributed by atoms with Crippen molar-refractivity contribution in [1.82, 2.24) is 15.1 Å². The molecule has 1 aromatic heterocycles. The maximum Gasteiger partial charge on any atom is 0.275 e. The maximum atomic E-state index is 12.7. The molecule has 0 aliphatic rings. The minimum Gasteiger partial charge on any atom is -0.347 e. The Balaban J connectivity index is 1.75. The van der Waals surface area contributed by atoms with Crippen LogP contribution in [0.3, 0.4) is 0 Å². The first-order valence-electron chi connectivity index (χ1n) is 10.2. The molecule has 1 atom stereocenters. The number of nitrogens with zero attached hydrogens (tertiary/aromatic N) is 2. The average molecular weight is 392 g/mol. The van der Waals surface area contributed by atoms with Crippen molar-refractivity contribution >= 4 is 16.7 Å². The molecule has 0 spiro atoms. The van der Waals surface area contributed by atoms with Crippen LogP contribution < -0.4 is 10.9 Å². The summed E-state index contributed by atoms with van der Waals surface area (Å²) in [6.45, 7) is 8.46. The van der Waals surface area contributed by atoms with Crippen LogP contribution in [-0.4, -0.2) is 15.7 Å². The fourth-order valence-corrected chi connectivity index (χ4v) is 3.56. The molecule has 0 aliphatic carbocycles. The first-order valence-corrected chi connectivity index (χ1v) is 10.2. The molecule has 2 aromatic carbocycles. The highest BCUT2D eigenvalue weighted by molar-refractivity contribution is 5.81. The number of benzene rings is 2. The summed E-state index contributed by atoms with van der Waals surface area (Å²) in [5, 5.41) is 8.57. The highest BCUT2D eigenvalue weighted by Crippen LogP contribution is 2.23. The molecule has 1 heterocycles. The molecule has 1 N–H and O–H groups in total. The zero-order chi connectivity index (χ0) is 21.0. The normalized spacial score (nSPS) is 12.5. The van der Waals surface area contributed by atoms with Crippen LogP contribution in [-0.2, 0) is 17.8 Å². The monoisotopic (exact) mass is 391 g/mol. The predicted octanol–water partition coefficient (Wildman–Crippen LogP) is 4.11. The van der Waals surface area contributed by atoms with Crippen LogP contribution >= 0.6 is 0 Å². The van der Waals surface area contributed by atoms with Crippen LogP contribution in [0.5, 0.6) is 0 Å². The first-order chi connectivity index (χ1) is 13.8. The minimum atomic E-state index is -0.252. The van der Waals surface area contributed by atoms with E-state index in [9.17, 15) is 9.59 Å². The molecule has 0 saturated heterocycles. The van der Waals surface area contributed by atoms with E-state index in [0.29, 0.717) is 11.3 Å². The maximum absolute atomic E-state index is 12.7. The van der Waals surface area contributed by atoms with Crippen molar-refractivity contribution in [2.45, 2.75) is 46.7 Å². The van der Waals surface area contributed by atoms with Gasteiger partial charge in [0.05, 0.1) is 17.6 Å². The van der Waals surface area contributed by atoms with Crippen LogP contribution in [0.4, 0.5) is 0 Å². The Hall–Kier alpha value is -2.95. The van der Waals surface area contributed by atoms with E-state index in [0.717, 1.165) is 17.4 Å². The van der Waals surface area contributed by atoms with E-state index in [2.05, 4.69) is 62.4 Å². The zero-order valence-corrected chi connectivity index (χ0v) is 17.6. The van der Waals surface area contributed by atoms with Gasteiger partial charge in [-0.2, -0.15) is 5.10 Å². The SMILES string of the molecule is CC(C)Cc1ccc(C(NC(=O)Cn2ncc3ccccc3c2=O)C(C)C)cc1. The van der Waals surface area contributed by atoms with E-state index >= 15 is 0 Å². The van der Waals surface area contributed by atoms with E-state index in [1.807, 2.05) is 18.2 Å². The molecule has 0 saturated carbocycles. The van der Waals surface area contributed by atoms with Crippen LogP contribution in [0.2, 0.25) is 0 Å². The molecule has 0 aliphatic heterocycles. The summed E-state index contributed by atoms with van der Waals surface area (Å²) in [4.78, 5) is 25.3. The molecule has 29 heavy (non-hydrogen) atoms. The van der Waals surface area contributed by atoms with Gasteiger partial charge in [-0.15, -0.1) is 0 Å². The van der Waals surface area contributed by atoms with Crippen molar-refractivity contribution in [2.24, 2.45) is 11.8 Å². The van der Waals surface area contributed by atoms with Gasteiger partial charge in [0.2, 0.25) is 5.91 Å². The highest BCUT2D eigenvalue weighted by atomic mass is 16.2. The van der Waals surface area contributed by atoms with E-state index in [-0.39, 0.29) is 30.0 Å². The molecule has 3 rings (SSSR count). The predicted molar refractivity (Wildman–Crippen MR) is 117 cm³/mol. The van der Waals surface area contributed by atoms with Gasteiger partial charge in [0.1, 0.15) is 6.54 Å². The Morgan fingerprint density at radius 1 is 1.03 bits per heavy atom. The van der Waals surface area contributed by atoms with Crippen molar-refractivity contribution < 1.29 is 4.79 Å². The molecule has 1 amide bonds. The zero-order valence-electron chi connectivity index (χ0n) is 17.6. The number of nitrogens with one attached hydrogen (secondary N) is 1. The topological polar surface area (TPSA) is 64.0 Å². The van der Waals surface area contributed by atoms with Gasteiger partial charge in [0, 0.05) is 5.39 Å². The van der Waals surface area contributed by atoms with Gasteiger partial charge in [-0.05, 0) is 35.4 Å². The summed E-state index contributed by atoms with van der Waals surface area (Å²) in [7, 11) is 0. The Kier molecular flexibility index (Phi) is 6.47. The molecule has 152 valence electrons. The van der Waals surface area contributed by atoms with Crippen molar-refractivity contribution in [3.05, 3.63) is 76.2 Å². The molecule has 5 heteroatoms. The fourth-order valence-electron chi connectivity index (χ4n) is 3.56. The van der Waals surface area contributed by atoms with E-state index in [1.165, 1.54) is 10.2 Å². The van der Waals surface area contributed by atoms with Gasteiger partial charge in [0.15, 0.2) is 0 Å². The third kappa shape index (κ3) is 5.11. The van der Waals surface area contributed by atoms with Crippen molar-refractivity contribution in [2.75, 3.05) is 0 Å². The molecule has 0 fully saturated rings. The van der Waals surface area contributed by atoms with Crippen LogP contribution in [0.25, 0.3) is 10.8 Å². The van der Waals surface area contributed by atoms with Crippen molar-refractivity contribution in [1.29, 1.82) is 0 Å². The Bertz CT molecular complexity index is 1040. The standard InChI is InChI=1S/C24H29N3O2/c1-16(2)13-18-9-11-19(12-10-18)23(17(3)4)26-22(28)15-27-24(29)21-8-6-5-7-20(21)14-25-27/h5-12,14,16-17,23H,13,15H2,1-4H3,(H,26,28). The van der Waals surface area contributed by atoms with E-state index in [4.69, 9.17) is 0 Å². The number of amides is 1. The third-order valence-electron chi connectivity index (χ3n) is 5.02. The van der Waals surface area contributed by atoms with Gasteiger partial charge in [-0.1, -0.05) is 70.2 Å². The third-order valence-corrected chi connectivity index (χ3v) is 5.02. The summed E-state index contributed by atoms with van der Waals surface area (Å²) in [5.41, 5.74) is 2.11. The van der Waals surface area contributed by atoms with Crippen molar-refractivity contribution in [3.8, 4) is 0 Å². The lowest BCUT2D eigenvalue weighted by Crippen LogP contribution is -2.37. The molecule has 0 bridgehead atoms. The number of fused-ring (bicyclic) bond motifs is 1. The van der Waals surface area contributed by atoms with Crippen LogP contribution in [0, 0.1) is 11.8 Å². The highest BCUT2D eigenvalue weighted by Gasteiger charge is 2.19. The molecule has 5 nitrogen and oxygen atoms in total. The lowest BCUT2D eigenvalue weighted by atomic mass is 9.93. The van der Waals surface area contributed by atoms with Gasteiger partial charge < -0.3 is 5.32 Å². The quantitative estimate of drug-likeness (QED) is 0.659. The van der Waals surface area contributed by atoms with E-state index in [1.54, 1.807) is 12.3 Å². The lowest BCUT2D eigenvalue weighted by Gasteiger charge is -2.23. The lowest BCUT2D eigenvalue weighted by molar-refractivity contribution is -0.123. The molecule has 3 aromatic rings. The number of hydrogen-bond donors (Lipinski definition) is 1. The Labute approximate surface area is 171 Å². The summed E-state index contributed by atoms with van der Waals surface area (Å²) in [5.74, 6) is 0.602. The summed E-state index contributed by atoms with van der Waals surface area (Å²) < 4.78 is 1.22. The number of rotatable bonds is 7. The van der Waals surface area contributed by atoms with Crippen LogP contribution in [0.15, 0.2) is 59.5 Å². The largest absolute Gasteiger partial charge is 0.347 e. The van der Waals surface area contributed by atoms with Gasteiger partial charge in [-0.3, -0.25) is 9.59 Å². The first kappa shape index (κ1) is 20.8. The van der Waals surface area contributed by atoms with Gasteiger partial charge in [-0.25, -0.2) is 4.68 Å². The fraction of sp³-hybridized carbons (Fsp3) is 0.375. The Morgan fingerprint density at radius 3 is 2.38 bits per heavy atom. The number of carbonyl (C=O) groups is 1. The van der Waals surface area contributed by atoms with Crippen LogP contribution in [0.1, 0.15) is 44.9 Å². The minimum absolute atomic E-state index is 0.0989. The number of aromatic nitrogens is 2. The number of hydrogen-bond acceptors (Lipinski definition) is 3. The smallest absolute Gasteiger partial charge is 0.275 e. The van der Waals surface area contributed by atoms with Crippen molar-refractivity contribution in [3.63, 3.8) is 0 Å². The molecule has 0 radical (unpaired) electrons. The summed E-state index contributed by atoms with van der Waals surface area (Å²) >= 11 is 0. The van der Waals surface area contributed by atoms with Gasteiger partial charge in [0.25, 0.3) is 5.56 Å². The van der Waals surface area contributed by atoms with E-state index < -0.39 is 0 Å². The van der Waals surface area contributed by atoms with Gasteiger partial charge >= 0.3 is 0 Å². The number of carbonyl (C=O) groups excluding carboxylic acids is 1. The molecular formula is C24H29N3O2. The molecular weight excluding hydrogens is 362 g/mol.